The summed E-state index contributed by atoms with van der Waals surface area (Å²) in [6.45, 7) is 2.31. The lowest BCUT2D eigenvalue weighted by Gasteiger charge is -2.12. The van der Waals surface area contributed by atoms with E-state index in [1.54, 1.807) is 0 Å². The summed E-state index contributed by atoms with van der Waals surface area (Å²) in [4.78, 5) is 11.8. The monoisotopic (exact) mass is 465 g/mol. The molecule has 0 spiro atoms. The van der Waals surface area contributed by atoms with Crippen LogP contribution >= 0.6 is 18.9 Å². The smallest absolute Gasteiger partial charge is 0.463 e. The quantitative estimate of drug-likeness (QED) is 0.0584. The van der Waals surface area contributed by atoms with Crippen molar-refractivity contribution in [1.29, 1.82) is 0 Å². The summed E-state index contributed by atoms with van der Waals surface area (Å²) in [6.07, 6.45) is 20.4. The van der Waals surface area contributed by atoms with Crippen molar-refractivity contribution < 1.29 is 27.9 Å². The van der Waals surface area contributed by atoms with Crippen molar-refractivity contribution in [3.05, 3.63) is 12.2 Å². The van der Waals surface area contributed by atoms with Gasteiger partial charge in [-0.1, -0.05) is 70.4 Å². The first kappa shape index (κ1) is 29.5. The third kappa shape index (κ3) is 20.8. The summed E-state index contributed by atoms with van der Waals surface area (Å²) in [5.74, 6) is -0.254. The maximum Gasteiger partial charge on any atom is 0.616 e. The van der Waals surface area contributed by atoms with Crippen molar-refractivity contribution >= 4 is 24.9 Å². The fraction of sp³-hybridized carbons (Fsp3) is 0.864. The Morgan fingerprint density at radius 3 is 2.07 bits per heavy atom. The molecule has 0 aromatic carbocycles. The molecule has 0 aromatic heterocycles. The largest absolute Gasteiger partial charge is 0.616 e. The molecular formula is C22H42O6PS+. The fourth-order valence-corrected chi connectivity index (χ4v) is 3.61. The van der Waals surface area contributed by atoms with Gasteiger partial charge in [0.1, 0.15) is 19.3 Å². The van der Waals surface area contributed by atoms with Crippen LogP contribution in [0.4, 0.5) is 0 Å². The van der Waals surface area contributed by atoms with Gasteiger partial charge in [0.05, 0.1) is 0 Å². The number of rotatable bonds is 22. The third-order valence-corrected chi connectivity index (χ3v) is 6.05. The average molecular weight is 466 g/mol. The molecule has 8 heteroatoms. The predicted octanol–water partition coefficient (Wildman–Crippen LogP) is 7.46. The van der Waals surface area contributed by atoms with E-state index in [-0.39, 0.29) is 30.8 Å². The Kier molecular flexibility index (Phi) is 22.9. The Balaban J connectivity index is 3.45. The molecule has 0 rings (SSSR count). The minimum Gasteiger partial charge on any atom is -0.463 e. The van der Waals surface area contributed by atoms with E-state index in [9.17, 15) is 9.36 Å². The highest BCUT2D eigenvalue weighted by Crippen LogP contribution is 2.35. The Morgan fingerprint density at radius 1 is 0.933 bits per heavy atom. The van der Waals surface area contributed by atoms with Crippen LogP contribution in [-0.4, -0.2) is 36.9 Å². The lowest BCUT2D eigenvalue weighted by atomic mass is 10.1. The first-order valence-electron chi connectivity index (χ1n) is 11.4. The van der Waals surface area contributed by atoms with Crippen LogP contribution in [0.25, 0.3) is 0 Å². The molecule has 2 unspecified atom stereocenters. The second kappa shape index (κ2) is 23.2. The number of hydrogen-bond acceptors (Lipinski definition) is 7. The van der Waals surface area contributed by atoms with Crippen LogP contribution in [0.2, 0.25) is 0 Å². The highest BCUT2D eigenvalue weighted by Gasteiger charge is 2.23. The summed E-state index contributed by atoms with van der Waals surface area (Å²) in [5, 5.41) is 0. The maximum absolute atomic E-state index is 11.8. The second-order valence-corrected chi connectivity index (χ2v) is 9.73. The molecule has 0 amide bonds. The Morgan fingerprint density at radius 2 is 1.50 bits per heavy atom. The summed E-state index contributed by atoms with van der Waals surface area (Å²) in [5.41, 5.74) is 0. The van der Waals surface area contributed by atoms with Crippen LogP contribution in [0.1, 0.15) is 96.8 Å². The molecule has 0 aliphatic carbocycles. The van der Waals surface area contributed by atoms with Gasteiger partial charge in [0.25, 0.3) is 0 Å². The molecule has 0 aliphatic heterocycles. The zero-order valence-electron chi connectivity index (χ0n) is 18.9. The van der Waals surface area contributed by atoms with E-state index in [2.05, 4.69) is 19.1 Å². The number of carbonyl (C=O) groups excluding carboxylic acids is 1. The zero-order chi connectivity index (χ0) is 22.3. The van der Waals surface area contributed by atoms with Crippen LogP contribution in [-0.2, 0) is 23.4 Å². The fourth-order valence-electron chi connectivity index (χ4n) is 2.95. The van der Waals surface area contributed by atoms with E-state index < -0.39 is 13.3 Å². The molecule has 2 atom stereocenters. The Hall–Kier alpha value is -0.460. The molecule has 0 fully saturated rings. The summed E-state index contributed by atoms with van der Waals surface area (Å²) in [7, 11) is -0.708. The van der Waals surface area contributed by atoms with E-state index in [1.807, 2.05) is 0 Å². The van der Waals surface area contributed by atoms with Gasteiger partial charge in [-0.2, -0.15) is 0 Å². The van der Waals surface area contributed by atoms with Crippen molar-refractivity contribution in [2.75, 3.05) is 20.3 Å². The summed E-state index contributed by atoms with van der Waals surface area (Å²) < 4.78 is 34.7. The zero-order valence-corrected chi connectivity index (χ0v) is 20.6. The molecule has 176 valence electrons. The van der Waals surface area contributed by atoms with E-state index in [4.69, 9.17) is 18.6 Å². The van der Waals surface area contributed by atoms with Crippen LogP contribution in [0, 0.1) is 0 Å². The number of hydrogen-bond donors (Lipinski definition) is 1. The second-order valence-electron chi connectivity index (χ2n) is 7.48. The summed E-state index contributed by atoms with van der Waals surface area (Å²) in [6, 6.07) is 0. The van der Waals surface area contributed by atoms with E-state index in [1.165, 1.54) is 64.9 Å². The van der Waals surface area contributed by atoms with Crippen molar-refractivity contribution in [2.45, 2.75) is 103 Å². The van der Waals surface area contributed by atoms with Crippen LogP contribution in [0.3, 0.4) is 0 Å². The number of esters is 1. The topological polar surface area (TPSA) is 82.1 Å². The van der Waals surface area contributed by atoms with Gasteiger partial charge in [0.2, 0.25) is 0 Å². The lowest BCUT2D eigenvalue weighted by molar-refractivity contribution is -0.148. The van der Waals surface area contributed by atoms with Gasteiger partial charge in [-0.05, 0) is 36.7 Å². The standard InChI is InChI=1S/C22H41O6PS/c1-3-4-5-6-7-8-9-10-11-12-13-14-15-16-17-18-22(23)27-19-21(26-2)20-28-29(24)30-25/h10-11,21H,3-9,12-20H2,1-2H3/p+1/b11-10+. The average Bonchev–Trinajstić information content (AvgIpc) is 2.76. The first-order chi connectivity index (χ1) is 14.6. The Labute approximate surface area is 188 Å². The number of allylic oxidation sites excluding steroid dienone is 2. The Bertz CT molecular complexity index is 447. The van der Waals surface area contributed by atoms with Crippen molar-refractivity contribution in [2.24, 2.45) is 0 Å². The number of carbonyl (C=O) groups is 1. The molecule has 0 aromatic rings. The minimum absolute atomic E-state index is 0.0000509. The molecule has 0 heterocycles. The van der Waals surface area contributed by atoms with E-state index in [0.717, 1.165) is 25.7 Å². The molecular weight excluding hydrogens is 423 g/mol. The highest BCUT2D eigenvalue weighted by atomic mass is 32.7. The van der Waals surface area contributed by atoms with Crippen molar-refractivity contribution in [3.63, 3.8) is 0 Å². The van der Waals surface area contributed by atoms with E-state index in [0.29, 0.717) is 6.42 Å². The van der Waals surface area contributed by atoms with Gasteiger partial charge < -0.3 is 9.47 Å². The minimum atomic E-state index is -2.17. The highest BCUT2D eigenvalue weighted by molar-refractivity contribution is 8.47. The van der Waals surface area contributed by atoms with Gasteiger partial charge in [-0.15, -0.1) is 4.52 Å². The molecule has 30 heavy (non-hydrogen) atoms. The molecule has 1 N–H and O–H groups in total. The maximum atomic E-state index is 11.8. The van der Waals surface area contributed by atoms with Crippen molar-refractivity contribution in [3.8, 4) is 0 Å². The molecule has 0 aliphatic rings. The molecule has 0 saturated heterocycles. The van der Waals surface area contributed by atoms with Crippen LogP contribution < -0.4 is 0 Å². The van der Waals surface area contributed by atoms with Gasteiger partial charge >= 0.3 is 24.9 Å². The van der Waals surface area contributed by atoms with Gasteiger partial charge in [0, 0.05) is 13.5 Å². The molecule has 6 nitrogen and oxygen atoms in total. The normalized spacial score (nSPS) is 13.0. The molecule has 0 bridgehead atoms. The first-order valence-corrected chi connectivity index (χ1v) is 13.9. The van der Waals surface area contributed by atoms with Gasteiger partial charge in [0.15, 0.2) is 0 Å². The van der Waals surface area contributed by atoms with Gasteiger partial charge in [-0.3, -0.25) is 9.35 Å². The number of unbranched alkanes of at least 4 members (excludes halogenated alkanes) is 11. The predicted molar refractivity (Wildman–Crippen MR) is 125 cm³/mol. The third-order valence-electron chi connectivity index (χ3n) is 4.84. The molecule has 0 radical (unpaired) electrons. The number of methoxy groups -OCH3 is 1. The van der Waals surface area contributed by atoms with E-state index >= 15 is 0 Å². The molecule has 0 saturated carbocycles. The summed E-state index contributed by atoms with van der Waals surface area (Å²) >= 11 is 0.149. The number of ether oxygens (including phenoxy) is 2. The van der Waals surface area contributed by atoms with Crippen LogP contribution in [0.15, 0.2) is 12.2 Å². The lowest BCUT2D eigenvalue weighted by Crippen LogP contribution is -2.25. The SMILES string of the molecule is CCCCCCCC/C=C/CCCCCCCC(=O)OCC(CO[P+](=O)SO)OC. The van der Waals surface area contributed by atoms with Gasteiger partial charge in [-0.25, -0.2) is 0 Å². The van der Waals surface area contributed by atoms with Crippen molar-refractivity contribution in [1.82, 2.24) is 0 Å². The van der Waals surface area contributed by atoms with Crippen LogP contribution in [0.5, 0.6) is 0 Å².